The predicted octanol–water partition coefficient (Wildman–Crippen LogP) is 4.77. The molecule has 3 nitrogen and oxygen atoms in total. The Kier molecular flexibility index (Phi) is 4.05. The van der Waals surface area contributed by atoms with Gasteiger partial charge in [0.1, 0.15) is 4.88 Å². The van der Waals surface area contributed by atoms with Gasteiger partial charge in [-0.2, -0.15) is 5.10 Å². The summed E-state index contributed by atoms with van der Waals surface area (Å²) in [5.41, 5.74) is 3.34. The average Bonchev–Trinajstić information content (AvgIpc) is 3.13. The normalized spacial score (nSPS) is 11.8. The van der Waals surface area contributed by atoms with Crippen molar-refractivity contribution in [3.8, 4) is 0 Å². The van der Waals surface area contributed by atoms with Gasteiger partial charge in [-0.15, -0.1) is 22.7 Å². The summed E-state index contributed by atoms with van der Waals surface area (Å²) in [5, 5.41) is 7.48. The minimum Gasteiger partial charge on any atom is -0.266 e. The molecular weight excluding hydrogens is 324 g/mol. The molecule has 0 saturated heterocycles. The number of rotatable bonds is 3. The second-order valence-electron chi connectivity index (χ2n) is 4.36. The van der Waals surface area contributed by atoms with Crippen molar-refractivity contribution in [2.75, 3.05) is 0 Å². The second kappa shape index (κ2) is 5.97. The molecule has 0 fully saturated rings. The van der Waals surface area contributed by atoms with Gasteiger partial charge in [0.25, 0.3) is 5.91 Å². The van der Waals surface area contributed by atoms with Crippen LogP contribution in [-0.2, 0) is 0 Å². The first kappa shape index (κ1) is 14.3. The number of hydrazone groups is 1. The number of halogens is 1. The van der Waals surface area contributed by atoms with Crippen molar-refractivity contribution in [2.45, 2.75) is 6.92 Å². The summed E-state index contributed by atoms with van der Waals surface area (Å²) in [6.45, 7) is 1.86. The minimum atomic E-state index is -0.280. The number of fused-ring (bicyclic) bond motifs is 1. The number of benzene rings is 1. The van der Waals surface area contributed by atoms with E-state index in [9.17, 15) is 4.79 Å². The van der Waals surface area contributed by atoms with Crippen molar-refractivity contribution in [3.05, 3.63) is 56.6 Å². The molecule has 1 N–H and O–H groups in total. The topological polar surface area (TPSA) is 41.5 Å². The Morgan fingerprint density at radius 3 is 2.76 bits per heavy atom. The lowest BCUT2D eigenvalue weighted by Gasteiger charge is -1.99. The van der Waals surface area contributed by atoms with E-state index in [0.717, 1.165) is 20.7 Å². The molecule has 0 aliphatic carbocycles. The van der Waals surface area contributed by atoms with Crippen LogP contribution in [-0.4, -0.2) is 11.6 Å². The van der Waals surface area contributed by atoms with Crippen LogP contribution in [0.4, 0.5) is 0 Å². The summed E-state index contributed by atoms with van der Waals surface area (Å²) in [5.74, 6) is -0.280. The fraction of sp³-hybridized carbons (Fsp3) is 0.0667. The molecule has 2 heterocycles. The number of nitrogens with one attached hydrogen (secondary N) is 1. The molecule has 106 valence electrons. The van der Waals surface area contributed by atoms with Gasteiger partial charge in [0.15, 0.2) is 0 Å². The van der Waals surface area contributed by atoms with Gasteiger partial charge in [0.05, 0.1) is 10.7 Å². The van der Waals surface area contributed by atoms with E-state index >= 15 is 0 Å². The molecule has 0 radical (unpaired) electrons. The monoisotopic (exact) mass is 334 g/mol. The number of amides is 1. The molecule has 0 aliphatic rings. The number of carbonyl (C=O) groups excluding carboxylic acids is 1. The van der Waals surface area contributed by atoms with Gasteiger partial charge in [-0.05, 0) is 24.4 Å². The van der Waals surface area contributed by atoms with Crippen LogP contribution in [0.25, 0.3) is 10.1 Å². The highest BCUT2D eigenvalue weighted by molar-refractivity contribution is 7.21. The highest BCUT2D eigenvalue weighted by atomic mass is 35.5. The van der Waals surface area contributed by atoms with Gasteiger partial charge in [-0.3, -0.25) is 4.79 Å². The molecule has 0 aliphatic heterocycles. The standard InChI is InChI=1S/C15H11ClN2OS2/c1-9(11-7-4-8-20-11)17-18-15(19)14-13(16)10-5-2-3-6-12(10)21-14/h2-8H,1H3,(H,18,19). The van der Waals surface area contributed by atoms with E-state index in [2.05, 4.69) is 10.5 Å². The first-order valence-corrected chi connectivity index (χ1v) is 8.30. The number of carbonyl (C=O) groups is 1. The number of hydrogen-bond donors (Lipinski definition) is 1. The maximum atomic E-state index is 12.2. The zero-order chi connectivity index (χ0) is 14.8. The van der Waals surface area contributed by atoms with E-state index < -0.39 is 0 Å². The number of nitrogens with zero attached hydrogens (tertiary/aromatic N) is 1. The predicted molar refractivity (Wildman–Crippen MR) is 90.8 cm³/mol. The number of hydrogen-bond acceptors (Lipinski definition) is 4. The molecule has 0 saturated carbocycles. The van der Waals surface area contributed by atoms with Crippen molar-refractivity contribution in [1.82, 2.24) is 5.43 Å². The van der Waals surface area contributed by atoms with Gasteiger partial charge in [0.2, 0.25) is 0 Å². The van der Waals surface area contributed by atoms with Crippen molar-refractivity contribution in [2.24, 2.45) is 5.10 Å². The van der Waals surface area contributed by atoms with Crippen molar-refractivity contribution >= 4 is 56.0 Å². The van der Waals surface area contributed by atoms with Crippen LogP contribution in [0.1, 0.15) is 21.5 Å². The Bertz CT molecular complexity index is 821. The van der Waals surface area contributed by atoms with Gasteiger partial charge >= 0.3 is 0 Å². The van der Waals surface area contributed by atoms with Crippen LogP contribution >= 0.6 is 34.3 Å². The maximum Gasteiger partial charge on any atom is 0.283 e. The van der Waals surface area contributed by atoms with Crippen LogP contribution in [0.3, 0.4) is 0 Å². The van der Waals surface area contributed by atoms with E-state index in [4.69, 9.17) is 11.6 Å². The van der Waals surface area contributed by atoms with Crippen LogP contribution in [0.5, 0.6) is 0 Å². The lowest BCUT2D eigenvalue weighted by Crippen LogP contribution is -2.18. The molecular formula is C15H11ClN2OS2. The van der Waals surface area contributed by atoms with E-state index in [1.807, 2.05) is 48.7 Å². The van der Waals surface area contributed by atoms with Crippen molar-refractivity contribution in [3.63, 3.8) is 0 Å². The molecule has 0 atom stereocenters. The largest absolute Gasteiger partial charge is 0.283 e. The first-order chi connectivity index (χ1) is 10.2. The van der Waals surface area contributed by atoms with E-state index in [-0.39, 0.29) is 5.91 Å². The Hall–Kier alpha value is -1.69. The lowest BCUT2D eigenvalue weighted by molar-refractivity contribution is 0.0959. The smallest absolute Gasteiger partial charge is 0.266 e. The fourth-order valence-corrected chi connectivity index (χ4v) is 3.97. The Labute approximate surface area is 134 Å². The third-order valence-electron chi connectivity index (χ3n) is 2.94. The summed E-state index contributed by atoms with van der Waals surface area (Å²) in [7, 11) is 0. The maximum absolute atomic E-state index is 12.2. The quantitative estimate of drug-likeness (QED) is 0.544. The van der Waals surface area contributed by atoms with Crippen LogP contribution < -0.4 is 5.43 Å². The third kappa shape index (κ3) is 2.85. The molecule has 2 aromatic heterocycles. The molecule has 21 heavy (non-hydrogen) atoms. The van der Waals surface area contributed by atoms with Crippen LogP contribution in [0, 0.1) is 0 Å². The summed E-state index contributed by atoms with van der Waals surface area (Å²) < 4.78 is 0.992. The third-order valence-corrected chi connectivity index (χ3v) is 5.60. The van der Waals surface area contributed by atoms with Gasteiger partial charge in [-0.1, -0.05) is 35.9 Å². The molecule has 0 spiro atoms. The van der Waals surface area contributed by atoms with Crippen LogP contribution in [0.2, 0.25) is 5.02 Å². The minimum absolute atomic E-state index is 0.280. The fourth-order valence-electron chi connectivity index (χ4n) is 1.88. The first-order valence-electron chi connectivity index (χ1n) is 6.22. The van der Waals surface area contributed by atoms with Gasteiger partial charge < -0.3 is 0 Å². The summed E-state index contributed by atoms with van der Waals surface area (Å²) in [6, 6.07) is 11.6. The zero-order valence-electron chi connectivity index (χ0n) is 11.1. The summed E-state index contributed by atoms with van der Waals surface area (Å²) >= 11 is 9.22. The van der Waals surface area contributed by atoms with Crippen LogP contribution in [0.15, 0.2) is 46.9 Å². The molecule has 3 rings (SSSR count). The molecule has 3 aromatic rings. The Balaban J connectivity index is 1.84. The van der Waals surface area contributed by atoms with Gasteiger partial charge in [0, 0.05) is 15.0 Å². The summed E-state index contributed by atoms with van der Waals surface area (Å²) in [4.78, 5) is 13.7. The highest BCUT2D eigenvalue weighted by Crippen LogP contribution is 2.34. The SMILES string of the molecule is CC(=NNC(=O)c1sc2ccccc2c1Cl)c1cccs1. The Morgan fingerprint density at radius 1 is 1.24 bits per heavy atom. The summed E-state index contributed by atoms with van der Waals surface area (Å²) in [6.07, 6.45) is 0. The zero-order valence-corrected chi connectivity index (χ0v) is 13.5. The molecule has 6 heteroatoms. The van der Waals surface area contributed by atoms with Crippen molar-refractivity contribution in [1.29, 1.82) is 0 Å². The Morgan fingerprint density at radius 2 is 2.05 bits per heavy atom. The number of thiophene rings is 2. The van der Waals surface area contributed by atoms with E-state index in [0.29, 0.717) is 9.90 Å². The lowest BCUT2D eigenvalue weighted by atomic mass is 10.2. The van der Waals surface area contributed by atoms with E-state index in [1.165, 1.54) is 11.3 Å². The molecule has 0 bridgehead atoms. The van der Waals surface area contributed by atoms with Crippen molar-refractivity contribution < 1.29 is 4.79 Å². The molecule has 1 aromatic carbocycles. The average molecular weight is 335 g/mol. The van der Waals surface area contributed by atoms with Gasteiger partial charge in [-0.25, -0.2) is 5.43 Å². The molecule has 1 amide bonds. The highest BCUT2D eigenvalue weighted by Gasteiger charge is 2.16. The van der Waals surface area contributed by atoms with E-state index in [1.54, 1.807) is 11.3 Å². The molecule has 0 unspecified atom stereocenters. The second-order valence-corrected chi connectivity index (χ2v) is 6.73.